The van der Waals surface area contributed by atoms with Crippen LogP contribution in [0, 0.1) is 0 Å². The van der Waals surface area contributed by atoms with Crippen molar-refractivity contribution in [3.05, 3.63) is 72.8 Å². The van der Waals surface area contributed by atoms with E-state index < -0.39 is 0 Å². The van der Waals surface area contributed by atoms with E-state index >= 15 is 0 Å². The fourth-order valence-corrected chi connectivity index (χ4v) is 3.87. The monoisotopic (exact) mass is 372 g/mol. The minimum Gasteiger partial charge on any atom is -0.372 e. The van der Waals surface area contributed by atoms with E-state index in [2.05, 4.69) is 110 Å². The molecule has 0 aliphatic rings. The van der Waals surface area contributed by atoms with Crippen LogP contribution in [0.4, 0.5) is 11.4 Å². The summed E-state index contributed by atoms with van der Waals surface area (Å²) in [7, 11) is 0. The highest BCUT2D eigenvalue weighted by atomic mass is 15.1. The van der Waals surface area contributed by atoms with Crippen LogP contribution in [0.1, 0.15) is 27.7 Å². The molecule has 0 aliphatic carbocycles. The van der Waals surface area contributed by atoms with Gasteiger partial charge in [-0.15, -0.1) is 0 Å². The Morgan fingerprint density at radius 2 is 0.786 bits per heavy atom. The second-order valence-corrected chi connectivity index (χ2v) is 6.98. The first-order valence-electron chi connectivity index (χ1n) is 10.5. The molecule has 0 aliphatic heterocycles. The van der Waals surface area contributed by atoms with Crippen LogP contribution in [0.2, 0.25) is 0 Å². The van der Waals surface area contributed by atoms with Crippen molar-refractivity contribution in [3.63, 3.8) is 0 Å². The molecule has 0 amide bonds. The smallest absolute Gasteiger partial charge is 0.0366 e. The summed E-state index contributed by atoms with van der Waals surface area (Å²) in [5.41, 5.74) is 7.66. The number of hydrogen-bond acceptors (Lipinski definition) is 2. The normalized spacial score (nSPS) is 10.7. The highest BCUT2D eigenvalue weighted by Crippen LogP contribution is 2.33. The van der Waals surface area contributed by atoms with Gasteiger partial charge in [0, 0.05) is 37.6 Å². The van der Waals surface area contributed by atoms with E-state index in [1.165, 1.54) is 33.6 Å². The molecule has 0 saturated heterocycles. The Bertz CT molecular complexity index is 783. The molecular formula is C26H32N2. The van der Waals surface area contributed by atoms with Crippen LogP contribution >= 0.6 is 0 Å². The van der Waals surface area contributed by atoms with Crippen molar-refractivity contribution < 1.29 is 0 Å². The average Bonchev–Trinajstić information content (AvgIpc) is 2.76. The summed E-state index contributed by atoms with van der Waals surface area (Å²) >= 11 is 0. The molecule has 0 saturated carbocycles. The lowest BCUT2D eigenvalue weighted by Gasteiger charge is -2.22. The Morgan fingerprint density at radius 3 is 1.07 bits per heavy atom. The topological polar surface area (TPSA) is 6.48 Å². The molecule has 3 aromatic carbocycles. The van der Waals surface area contributed by atoms with E-state index in [1.807, 2.05) is 0 Å². The lowest BCUT2D eigenvalue weighted by Crippen LogP contribution is -2.21. The number of nitrogens with zero attached hydrogens (tertiary/aromatic N) is 2. The molecule has 0 aromatic heterocycles. The summed E-state index contributed by atoms with van der Waals surface area (Å²) in [6, 6.07) is 26.6. The van der Waals surface area contributed by atoms with Gasteiger partial charge in [-0.1, -0.05) is 48.5 Å². The summed E-state index contributed by atoms with van der Waals surface area (Å²) in [6.07, 6.45) is 0. The Balaban J connectivity index is 1.93. The quantitative estimate of drug-likeness (QED) is 0.433. The molecule has 0 atom stereocenters. The third kappa shape index (κ3) is 4.22. The van der Waals surface area contributed by atoms with Crippen molar-refractivity contribution in [2.45, 2.75) is 27.7 Å². The van der Waals surface area contributed by atoms with Crippen molar-refractivity contribution in [1.82, 2.24) is 0 Å². The summed E-state index contributed by atoms with van der Waals surface area (Å²) < 4.78 is 0. The zero-order valence-corrected chi connectivity index (χ0v) is 17.7. The lowest BCUT2D eigenvalue weighted by atomic mass is 9.94. The number of rotatable bonds is 8. The Kier molecular flexibility index (Phi) is 6.76. The van der Waals surface area contributed by atoms with Gasteiger partial charge in [-0.25, -0.2) is 0 Å². The van der Waals surface area contributed by atoms with E-state index in [9.17, 15) is 0 Å². The molecule has 2 heteroatoms. The first kappa shape index (κ1) is 20.0. The maximum Gasteiger partial charge on any atom is 0.0366 e. The number of benzene rings is 3. The molecule has 0 unspecified atom stereocenters. The zero-order chi connectivity index (χ0) is 19.9. The number of anilines is 2. The van der Waals surface area contributed by atoms with Crippen molar-refractivity contribution in [2.75, 3.05) is 36.0 Å². The molecule has 146 valence electrons. The molecule has 0 radical (unpaired) electrons. The van der Waals surface area contributed by atoms with Crippen LogP contribution in [-0.4, -0.2) is 26.2 Å². The largest absolute Gasteiger partial charge is 0.372 e. The molecule has 3 rings (SSSR count). The van der Waals surface area contributed by atoms with Gasteiger partial charge in [-0.05, 0) is 74.2 Å². The van der Waals surface area contributed by atoms with Crippen molar-refractivity contribution >= 4 is 11.4 Å². The van der Waals surface area contributed by atoms with Gasteiger partial charge in [0.15, 0.2) is 0 Å². The van der Waals surface area contributed by atoms with Crippen molar-refractivity contribution in [2.24, 2.45) is 0 Å². The number of hydrogen-bond donors (Lipinski definition) is 0. The predicted molar refractivity (Wildman–Crippen MR) is 124 cm³/mol. The third-order valence-corrected chi connectivity index (χ3v) is 5.54. The summed E-state index contributed by atoms with van der Waals surface area (Å²) in [5, 5.41) is 0. The van der Waals surface area contributed by atoms with Gasteiger partial charge in [0.2, 0.25) is 0 Å². The molecule has 0 N–H and O–H groups in total. The SMILES string of the molecule is CCN(CC)c1ccc(-c2ccccc2-c2ccc(N(CC)CC)cc2)cc1. The molecule has 0 fully saturated rings. The van der Waals surface area contributed by atoms with Gasteiger partial charge < -0.3 is 9.80 Å². The van der Waals surface area contributed by atoms with Gasteiger partial charge in [-0.2, -0.15) is 0 Å². The van der Waals surface area contributed by atoms with Gasteiger partial charge in [-0.3, -0.25) is 0 Å². The van der Waals surface area contributed by atoms with Crippen LogP contribution in [0.3, 0.4) is 0 Å². The van der Waals surface area contributed by atoms with E-state index in [0.717, 1.165) is 26.2 Å². The average molecular weight is 373 g/mol. The maximum absolute atomic E-state index is 2.38. The third-order valence-electron chi connectivity index (χ3n) is 5.54. The molecule has 3 aromatic rings. The Morgan fingerprint density at radius 1 is 0.464 bits per heavy atom. The lowest BCUT2D eigenvalue weighted by molar-refractivity contribution is 0.866. The first-order chi connectivity index (χ1) is 13.7. The molecule has 0 spiro atoms. The minimum absolute atomic E-state index is 1.03. The van der Waals surface area contributed by atoms with Gasteiger partial charge >= 0.3 is 0 Å². The highest BCUT2D eigenvalue weighted by molar-refractivity contribution is 5.84. The molecule has 28 heavy (non-hydrogen) atoms. The van der Waals surface area contributed by atoms with Crippen LogP contribution in [0.5, 0.6) is 0 Å². The van der Waals surface area contributed by atoms with Crippen molar-refractivity contribution in [3.8, 4) is 22.3 Å². The van der Waals surface area contributed by atoms with E-state index in [1.54, 1.807) is 0 Å². The Hall–Kier alpha value is -2.74. The summed E-state index contributed by atoms with van der Waals surface area (Å²) in [6.45, 7) is 12.9. The second-order valence-electron chi connectivity index (χ2n) is 6.98. The molecule has 0 bridgehead atoms. The van der Waals surface area contributed by atoms with E-state index in [4.69, 9.17) is 0 Å². The van der Waals surface area contributed by atoms with Gasteiger partial charge in [0.05, 0.1) is 0 Å². The van der Waals surface area contributed by atoms with Crippen LogP contribution < -0.4 is 9.80 Å². The van der Waals surface area contributed by atoms with Crippen molar-refractivity contribution in [1.29, 1.82) is 0 Å². The molecular weight excluding hydrogens is 340 g/mol. The fraction of sp³-hybridized carbons (Fsp3) is 0.308. The van der Waals surface area contributed by atoms with Crippen LogP contribution in [-0.2, 0) is 0 Å². The summed E-state index contributed by atoms with van der Waals surface area (Å²) in [5.74, 6) is 0. The van der Waals surface area contributed by atoms with Gasteiger partial charge in [0.1, 0.15) is 0 Å². The second kappa shape index (κ2) is 9.45. The predicted octanol–water partition coefficient (Wildman–Crippen LogP) is 6.71. The highest BCUT2D eigenvalue weighted by Gasteiger charge is 2.09. The van der Waals surface area contributed by atoms with Crippen LogP contribution in [0.15, 0.2) is 72.8 Å². The zero-order valence-electron chi connectivity index (χ0n) is 17.7. The molecule has 2 nitrogen and oxygen atoms in total. The fourth-order valence-electron chi connectivity index (χ4n) is 3.87. The first-order valence-corrected chi connectivity index (χ1v) is 10.5. The maximum atomic E-state index is 2.38. The van der Waals surface area contributed by atoms with E-state index in [-0.39, 0.29) is 0 Å². The minimum atomic E-state index is 1.03. The molecule has 0 heterocycles. The standard InChI is InChI=1S/C26H32N2/c1-5-27(6-2)23-17-13-21(14-18-23)25-11-9-10-12-26(25)22-15-19-24(20-16-22)28(7-3)8-4/h9-20H,5-8H2,1-4H3. The summed E-state index contributed by atoms with van der Waals surface area (Å²) in [4.78, 5) is 4.75. The Labute approximate surface area is 170 Å². The van der Waals surface area contributed by atoms with Crippen LogP contribution in [0.25, 0.3) is 22.3 Å². The van der Waals surface area contributed by atoms with Gasteiger partial charge in [0.25, 0.3) is 0 Å². The van der Waals surface area contributed by atoms with E-state index in [0.29, 0.717) is 0 Å².